The summed E-state index contributed by atoms with van der Waals surface area (Å²) in [6.07, 6.45) is 70.9. The zero-order valence-corrected chi connectivity index (χ0v) is 42.1. The van der Waals surface area contributed by atoms with Crippen LogP contribution in [0.4, 0.5) is 0 Å². The third-order valence-corrected chi connectivity index (χ3v) is 12.3. The Hall–Kier alpha value is -2.14. The number of hydrogen-bond acceptors (Lipinski definition) is 5. The highest BCUT2D eigenvalue weighted by Gasteiger charge is 2.16. The van der Waals surface area contributed by atoms with E-state index in [1.807, 2.05) is 0 Å². The van der Waals surface area contributed by atoms with Gasteiger partial charge >= 0.3 is 11.9 Å². The third-order valence-electron chi connectivity index (χ3n) is 12.3. The highest BCUT2D eigenvalue weighted by Crippen LogP contribution is 2.16. The summed E-state index contributed by atoms with van der Waals surface area (Å²) in [5, 5.41) is 9.63. The van der Waals surface area contributed by atoms with Crippen molar-refractivity contribution in [3.63, 3.8) is 0 Å². The van der Waals surface area contributed by atoms with Crippen molar-refractivity contribution in [1.29, 1.82) is 0 Å². The zero-order chi connectivity index (χ0) is 45.6. The van der Waals surface area contributed by atoms with Gasteiger partial charge < -0.3 is 14.6 Å². The second kappa shape index (κ2) is 54.2. The Morgan fingerprint density at radius 2 is 0.635 bits per heavy atom. The minimum Gasteiger partial charge on any atom is -0.462 e. The van der Waals surface area contributed by atoms with Crippen molar-refractivity contribution in [2.45, 2.75) is 296 Å². The number of ether oxygens (including phenoxy) is 2. The average Bonchev–Trinajstić information content (AvgIpc) is 3.29. The van der Waals surface area contributed by atoms with Gasteiger partial charge in [0.2, 0.25) is 0 Å². The summed E-state index contributed by atoms with van der Waals surface area (Å²) in [4.78, 5) is 24.4. The molecule has 5 heteroatoms. The first kappa shape index (κ1) is 60.9. The van der Waals surface area contributed by atoms with Crippen LogP contribution < -0.4 is 0 Å². The second-order valence-corrected chi connectivity index (χ2v) is 18.7. The maximum atomic E-state index is 12.3. The molecule has 0 spiro atoms. The highest BCUT2D eigenvalue weighted by atomic mass is 16.6. The molecule has 0 aromatic carbocycles. The molecule has 0 aromatic rings. The lowest BCUT2D eigenvalue weighted by Crippen LogP contribution is -2.28. The first-order valence-electron chi connectivity index (χ1n) is 27.7. The molecular weight excluding hydrogens is 777 g/mol. The van der Waals surface area contributed by atoms with Gasteiger partial charge in [0.15, 0.2) is 6.10 Å². The molecule has 0 radical (unpaired) electrons. The van der Waals surface area contributed by atoms with Crippen molar-refractivity contribution in [2.24, 2.45) is 0 Å². The fraction of sp³-hybridized carbons (Fsp3) is 0.828. The van der Waals surface area contributed by atoms with Crippen molar-refractivity contribution < 1.29 is 24.2 Å². The van der Waals surface area contributed by atoms with Crippen molar-refractivity contribution in [3.8, 4) is 0 Å². The lowest BCUT2D eigenvalue weighted by Gasteiger charge is -2.15. The Bertz CT molecular complexity index is 1040. The van der Waals surface area contributed by atoms with E-state index in [2.05, 4.69) is 62.5 Å². The first-order valence-corrected chi connectivity index (χ1v) is 27.7. The summed E-state index contributed by atoms with van der Waals surface area (Å²) in [7, 11) is 0. The quantitative estimate of drug-likeness (QED) is 0.0374. The summed E-state index contributed by atoms with van der Waals surface area (Å²) in [5.41, 5.74) is 0. The van der Waals surface area contributed by atoms with E-state index in [4.69, 9.17) is 9.47 Å². The average molecular weight is 883 g/mol. The van der Waals surface area contributed by atoms with E-state index in [0.717, 1.165) is 57.8 Å². The number of hydrogen-bond donors (Lipinski definition) is 1. The lowest BCUT2D eigenvalue weighted by molar-refractivity contribution is -0.161. The standard InChI is InChI=1S/C58H106O5/c1-3-5-7-9-11-13-15-17-19-21-22-23-24-25-26-27-28-29-30-31-32-33-34-35-36-37-39-41-43-45-47-49-51-53-58(61)63-56(54-59)55-62-57(60)52-50-48-46-44-42-40-38-20-18-16-14-12-10-8-6-4-2/h15,17,20-22,24-25,38,56,59H,3-14,16,18-19,23,26-37,39-55H2,1-2H3/b17-15-,22-21-,25-24-,38-20-. The number of allylic oxidation sites excluding steroid dienone is 8. The van der Waals surface area contributed by atoms with Gasteiger partial charge in [0.25, 0.3) is 0 Å². The minimum absolute atomic E-state index is 0.0673. The van der Waals surface area contributed by atoms with Crippen molar-refractivity contribution in [3.05, 3.63) is 48.6 Å². The van der Waals surface area contributed by atoms with Crippen LogP contribution in [-0.2, 0) is 19.1 Å². The molecule has 5 nitrogen and oxygen atoms in total. The van der Waals surface area contributed by atoms with E-state index in [-0.39, 0.29) is 25.2 Å². The van der Waals surface area contributed by atoms with E-state index in [9.17, 15) is 14.7 Å². The molecule has 1 unspecified atom stereocenters. The molecule has 368 valence electrons. The minimum atomic E-state index is -0.774. The molecule has 1 N–H and O–H groups in total. The van der Waals surface area contributed by atoms with Crippen LogP contribution >= 0.6 is 0 Å². The van der Waals surface area contributed by atoms with Gasteiger partial charge in [-0.25, -0.2) is 0 Å². The predicted molar refractivity (Wildman–Crippen MR) is 274 cm³/mol. The van der Waals surface area contributed by atoms with E-state index < -0.39 is 6.10 Å². The molecule has 0 heterocycles. The molecule has 0 aliphatic heterocycles. The Morgan fingerprint density at radius 1 is 0.365 bits per heavy atom. The molecule has 0 aromatic heterocycles. The molecule has 0 fully saturated rings. The van der Waals surface area contributed by atoms with E-state index in [0.29, 0.717) is 12.8 Å². The molecule has 63 heavy (non-hydrogen) atoms. The molecule has 0 aliphatic rings. The van der Waals surface area contributed by atoms with E-state index >= 15 is 0 Å². The molecule has 0 rings (SSSR count). The Labute approximate surface area is 392 Å². The molecule has 0 aliphatic carbocycles. The Morgan fingerprint density at radius 3 is 0.968 bits per heavy atom. The summed E-state index contributed by atoms with van der Waals surface area (Å²) in [6, 6.07) is 0. The van der Waals surface area contributed by atoms with Crippen LogP contribution in [0.1, 0.15) is 290 Å². The van der Waals surface area contributed by atoms with Crippen LogP contribution in [0.3, 0.4) is 0 Å². The topological polar surface area (TPSA) is 72.8 Å². The van der Waals surface area contributed by atoms with Gasteiger partial charge in [-0.3, -0.25) is 9.59 Å². The second-order valence-electron chi connectivity index (χ2n) is 18.7. The SMILES string of the molecule is CCCCCCC/C=C\C/C=C\C/C=C\CCCCCCCCCCCCCCCCCCCCC(=O)OC(CO)COC(=O)CCCCCCC/C=C\CCCCCCCCC. The van der Waals surface area contributed by atoms with Crippen LogP contribution in [0.2, 0.25) is 0 Å². The van der Waals surface area contributed by atoms with E-state index in [1.165, 1.54) is 205 Å². The summed E-state index contributed by atoms with van der Waals surface area (Å²) >= 11 is 0. The number of unbranched alkanes of at least 4 members (excludes halogenated alkanes) is 35. The van der Waals surface area contributed by atoms with Gasteiger partial charge in [-0.15, -0.1) is 0 Å². The van der Waals surface area contributed by atoms with Gasteiger partial charge in [-0.05, 0) is 77.0 Å². The zero-order valence-electron chi connectivity index (χ0n) is 42.1. The number of rotatable bonds is 51. The lowest BCUT2D eigenvalue weighted by atomic mass is 10.0. The largest absolute Gasteiger partial charge is 0.462 e. The molecule has 0 amide bonds. The fourth-order valence-electron chi connectivity index (χ4n) is 8.15. The monoisotopic (exact) mass is 883 g/mol. The normalized spacial score (nSPS) is 12.5. The highest BCUT2D eigenvalue weighted by molar-refractivity contribution is 5.70. The maximum absolute atomic E-state index is 12.3. The fourth-order valence-corrected chi connectivity index (χ4v) is 8.15. The summed E-state index contributed by atoms with van der Waals surface area (Å²) in [5.74, 6) is -0.589. The van der Waals surface area contributed by atoms with Crippen molar-refractivity contribution in [1.82, 2.24) is 0 Å². The third kappa shape index (κ3) is 52.4. The molecular formula is C58H106O5. The molecule has 0 bridgehead atoms. The van der Waals surface area contributed by atoms with Gasteiger partial charge in [0, 0.05) is 12.8 Å². The Balaban J connectivity index is 3.44. The van der Waals surface area contributed by atoms with Crippen LogP contribution in [0.15, 0.2) is 48.6 Å². The number of esters is 2. The summed E-state index contributed by atoms with van der Waals surface area (Å²) in [6.45, 7) is 4.15. The number of aliphatic hydroxyl groups excluding tert-OH is 1. The molecule has 0 saturated carbocycles. The molecule has 1 atom stereocenters. The van der Waals surface area contributed by atoms with Gasteiger partial charge in [-0.2, -0.15) is 0 Å². The Kier molecular flexibility index (Phi) is 52.4. The first-order chi connectivity index (χ1) is 31.1. The smallest absolute Gasteiger partial charge is 0.306 e. The van der Waals surface area contributed by atoms with Gasteiger partial charge in [-0.1, -0.05) is 249 Å². The van der Waals surface area contributed by atoms with Crippen LogP contribution in [0, 0.1) is 0 Å². The number of aliphatic hydroxyl groups is 1. The number of carbonyl (C=O) groups is 2. The number of carbonyl (C=O) groups excluding carboxylic acids is 2. The van der Waals surface area contributed by atoms with Crippen molar-refractivity contribution in [2.75, 3.05) is 13.2 Å². The predicted octanol–water partition coefficient (Wildman–Crippen LogP) is 18.5. The maximum Gasteiger partial charge on any atom is 0.306 e. The van der Waals surface area contributed by atoms with Crippen LogP contribution in [0.5, 0.6) is 0 Å². The van der Waals surface area contributed by atoms with Gasteiger partial charge in [0.05, 0.1) is 6.61 Å². The van der Waals surface area contributed by atoms with Crippen LogP contribution in [0.25, 0.3) is 0 Å². The van der Waals surface area contributed by atoms with Crippen LogP contribution in [-0.4, -0.2) is 36.4 Å². The molecule has 0 saturated heterocycles. The summed E-state index contributed by atoms with van der Waals surface area (Å²) < 4.78 is 10.7. The van der Waals surface area contributed by atoms with E-state index in [1.54, 1.807) is 0 Å². The van der Waals surface area contributed by atoms with Gasteiger partial charge in [0.1, 0.15) is 6.61 Å². The van der Waals surface area contributed by atoms with Crippen molar-refractivity contribution >= 4 is 11.9 Å².